The van der Waals surface area contributed by atoms with E-state index >= 15 is 0 Å². The zero-order valence-electron chi connectivity index (χ0n) is 14.6. The molecule has 0 aromatic heterocycles. The quantitative estimate of drug-likeness (QED) is 0.926. The van der Waals surface area contributed by atoms with Gasteiger partial charge in [0.25, 0.3) is 0 Å². The summed E-state index contributed by atoms with van der Waals surface area (Å²) in [5.41, 5.74) is 0.775. The third kappa shape index (κ3) is 5.75. The van der Waals surface area contributed by atoms with Crippen LogP contribution in [-0.2, 0) is 11.3 Å². The molecule has 5 heteroatoms. The van der Waals surface area contributed by atoms with Crippen molar-refractivity contribution in [2.45, 2.75) is 51.8 Å². The summed E-state index contributed by atoms with van der Waals surface area (Å²) >= 11 is 0. The standard InChI is InChI=1S/C18H28N2O3/c1-18(2,3)23-17(21)20-10-8-15(9-11-20)19-13-14-6-5-7-16(12-14)22-4/h5-7,12,15,19H,8-11,13H2,1-4H3. The number of nitrogens with one attached hydrogen (secondary N) is 1. The molecule has 0 saturated carbocycles. The minimum Gasteiger partial charge on any atom is -0.497 e. The van der Waals surface area contributed by atoms with Gasteiger partial charge in [-0.2, -0.15) is 0 Å². The van der Waals surface area contributed by atoms with Gasteiger partial charge in [0.05, 0.1) is 7.11 Å². The lowest BCUT2D eigenvalue weighted by atomic mass is 10.0. The molecule has 1 aromatic rings. The minimum atomic E-state index is -0.432. The number of nitrogens with zero attached hydrogens (tertiary/aromatic N) is 1. The van der Waals surface area contributed by atoms with Crippen molar-refractivity contribution in [2.75, 3.05) is 20.2 Å². The fourth-order valence-corrected chi connectivity index (χ4v) is 2.64. The molecule has 5 nitrogen and oxygen atoms in total. The van der Waals surface area contributed by atoms with E-state index in [9.17, 15) is 4.79 Å². The highest BCUT2D eigenvalue weighted by atomic mass is 16.6. The van der Waals surface area contributed by atoms with Gasteiger partial charge in [-0.3, -0.25) is 0 Å². The molecule has 1 aromatic carbocycles. The van der Waals surface area contributed by atoms with Crippen LogP contribution >= 0.6 is 0 Å². The van der Waals surface area contributed by atoms with E-state index in [2.05, 4.69) is 11.4 Å². The highest BCUT2D eigenvalue weighted by molar-refractivity contribution is 5.68. The van der Waals surface area contributed by atoms with Crippen LogP contribution < -0.4 is 10.1 Å². The first-order chi connectivity index (χ1) is 10.9. The topological polar surface area (TPSA) is 50.8 Å². The molecule has 1 fully saturated rings. The van der Waals surface area contributed by atoms with Crippen molar-refractivity contribution in [3.8, 4) is 5.75 Å². The van der Waals surface area contributed by atoms with Crippen LogP contribution in [0.3, 0.4) is 0 Å². The highest BCUT2D eigenvalue weighted by Gasteiger charge is 2.26. The van der Waals surface area contributed by atoms with E-state index in [0.29, 0.717) is 6.04 Å². The van der Waals surface area contributed by atoms with E-state index in [0.717, 1.165) is 38.2 Å². The first kappa shape index (κ1) is 17.6. The van der Waals surface area contributed by atoms with Crippen LogP contribution in [0.25, 0.3) is 0 Å². The Labute approximate surface area is 139 Å². The van der Waals surface area contributed by atoms with Crippen molar-refractivity contribution in [1.82, 2.24) is 10.2 Å². The zero-order valence-corrected chi connectivity index (χ0v) is 14.6. The zero-order chi connectivity index (χ0) is 16.9. The maximum Gasteiger partial charge on any atom is 0.410 e. The van der Waals surface area contributed by atoms with E-state index in [1.165, 1.54) is 5.56 Å². The molecule has 0 spiro atoms. The van der Waals surface area contributed by atoms with Crippen molar-refractivity contribution < 1.29 is 14.3 Å². The molecule has 1 aliphatic rings. The Hall–Kier alpha value is -1.75. The molecule has 1 saturated heterocycles. The summed E-state index contributed by atoms with van der Waals surface area (Å²) in [7, 11) is 1.68. The van der Waals surface area contributed by atoms with Gasteiger partial charge < -0.3 is 19.7 Å². The molecular weight excluding hydrogens is 292 g/mol. The van der Waals surface area contributed by atoms with Crippen LogP contribution in [0.15, 0.2) is 24.3 Å². The van der Waals surface area contributed by atoms with E-state index in [4.69, 9.17) is 9.47 Å². The third-order valence-electron chi connectivity index (χ3n) is 3.88. The summed E-state index contributed by atoms with van der Waals surface area (Å²) in [6.45, 7) is 7.98. The lowest BCUT2D eigenvalue weighted by Crippen LogP contribution is -2.46. The molecule has 1 amide bonds. The number of methoxy groups -OCH3 is 1. The van der Waals surface area contributed by atoms with Gasteiger partial charge in [-0.25, -0.2) is 4.79 Å². The molecule has 23 heavy (non-hydrogen) atoms. The van der Waals surface area contributed by atoms with Crippen LogP contribution in [-0.4, -0.2) is 42.8 Å². The van der Waals surface area contributed by atoms with Crippen molar-refractivity contribution in [3.05, 3.63) is 29.8 Å². The summed E-state index contributed by atoms with van der Waals surface area (Å²) in [6.07, 6.45) is 1.69. The van der Waals surface area contributed by atoms with Crippen LogP contribution in [0.4, 0.5) is 4.79 Å². The van der Waals surface area contributed by atoms with Crippen molar-refractivity contribution in [1.29, 1.82) is 0 Å². The number of ether oxygens (including phenoxy) is 2. The van der Waals surface area contributed by atoms with E-state index in [-0.39, 0.29) is 6.09 Å². The molecule has 1 N–H and O–H groups in total. The molecule has 128 valence electrons. The number of hydrogen-bond donors (Lipinski definition) is 1. The van der Waals surface area contributed by atoms with Crippen LogP contribution in [0.2, 0.25) is 0 Å². The molecule has 0 unspecified atom stereocenters. The molecular formula is C18H28N2O3. The predicted molar refractivity (Wildman–Crippen MR) is 90.7 cm³/mol. The third-order valence-corrected chi connectivity index (χ3v) is 3.88. The molecule has 0 bridgehead atoms. The van der Waals surface area contributed by atoms with Gasteiger partial charge in [0, 0.05) is 25.7 Å². The molecule has 0 aliphatic carbocycles. The average molecular weight is 320 g/mol. The summed E-state index contributed by atoms with van der Waals surface area (Å²) in [6, 6.07) is 8.51. The monoisotopic (exact) mass is 320 g/mol. The van der Waals surface area contributed by atoms with Gasteiger partial charge >= 0.3 is 6.09 Å². The fourth-order valence-electron chi connectivity index (χ4n) is 2.64. The second kappa shape index (κ2) is 7.68. The SMILES string of the molecule is COc1cccc(CNC2CCN(C(=O)OC(C)(C)C)CC2)c1. The lowest BCUT2D eigenvalue weighted by molar-refractivity contribution is 0.0198. The molecule has 1 heterocycles. The Morgan fingerprint density at radius 1 is 1.30 bits per heavy atom. The van der Waals surface area contributed by atoms with Gasteiger partial charge in [0.15, 0.2) is 0 Å². The Morgan fingerprint density at radius 3 is 2.61 bits per heavy atom. The maximum absolute atomic E-state index is 12.0. The normalized spacial score (nSPS) is 16.3. The van der Waals surface area contributed by atoms with E-state index in [1.807, 2.05) is 39.0 Å². The number of amides is 1. The number of likely N-dealkylation sites (tertiary alicyclic amines) is 1. The maximum atomic E-state index is 12.0. The van der Waals surface area contributed by atoms with Crippen molar-refractivity contribution in [3.63, 3.8) is 0 Å². The predicted octanol–water partition coefficient (Wildman–Crippen LogP) is 3.18. The average Bonchev–Trinajstić information content (AvgIpc) is 2.52. The van der Waals surface area contributed by atoms with Crippen molar-refractivity contribution >= 4 is 6.09 Å². The number of carbonyl (C=O) groups is 1. The smallest absolute Gasteiger partial charge is 0.410 e. The van der Waals surface area contributed by atoms with Gasteiger partial charge in [-0.05, 0) is 51.3 Å². The minimum absolute atomic E-state index is 0.205. The largest absolute Gasteiger partial charge is 0.497 e. The van der Waals surface area contributed by atoms with Gasteiger partial charge in [-0.15, -0.1) is 0 Å². The lowest BCUT2D eigenvalue weighted by Gasteiger charge is -2.33. The number of benzene rings is 1. The summed E-state index contributed by atoms with van der Waals surface area (Å²) < 4.78 is 10.7. The highest BCUT2D eigenvalue weighted by Crippen LogP contribution is 2.17. The number of carbonyl (C=O) groups excluding carboxylic acids is 1. The van der Waals surface area contributed by atoms with Gasteiger partial charge in [0.1, 0.15) is 11.4 Å². The Kier molecular flexibility index (Phi) is 5.88. The first-order valence-electron chi connectivity index (χ1n) is 8.21. The molecule has 0 radical (unpaired) electrons. The number of rotatable bonds is 4. The summed E-state index contributed by atoms with van der Waals surface area (Å²) in [4.78, 5) is 13.8. The van der Waals surface area contributed by atoms with Gasteiger partial charge in [-0.1, -0.05) is 12.1 Å². The Bertz CT molecular complexity index is 517. The van der Waals surface area contributed by atoms with E-state index in [1.54, 1.807) is 12.0 Å². The first-order valence-corrected chi connectivity index (χ1v) is 8.21. The fraction of sp³-hybridized carbons (Fsp3) is 0.611. The van der Waals surface area contributed by atoms with Crippen LogP contribution in [0.1, 0.15) is 39.2 Å². The molecule has 1 aliphatic heterocycles. The van der Waals surface area contributed by atoms with E-state index < -0.39 is 5.60 Å². The second-order valence-electron chi connectivity index (χ2n) is 6.97. The van der Waals surface area contributed by atoms with Crippen LogP contribution in [0, 0.1) is 0 Å². The van der Waals surface area contributed by atoms with Crippen LogP contribution in [0.5, 0.6) is 5.75 Å². The van der Waals surface area contributed by atoms with Gasteiger partial charge in [0.2, 0.25) is 0 Å². The van der Waals surface area contributed by atoms with Crippen molar-refractivity contribution in [2.24, 2.45) is 0 Å². The molecule has 2 rings (SSSR count). The second-order valence-corrected chi connectivity index (χ2v) is 6.97. The number of hydrogen-bond acceptors (Lipinski definition) is 4. The Morgan fingerprint density at radius 2 is 2.00 bits per heavy atom. The number of piperidine rings is 1. The summed E-state index contributed by atoms with van der Waals surface area (Å²) in [5.74, 6) is 0.879. The Balaban J connectivity index is 1.75. The summed E-state index contributed by atoms with van der Waals surface area (Å²) in [5, 5.41) is 3.56. The molecule has 0 atom stereocenters.